The van der Waals surface area contributed by atoms with Gasteiger partial charge in [0.2, 0.25) is 0 Å². The normalized spacial score (nSPS) is 16.8. The van der Waals surface area contributed by atoms with E-state index in [1.807, 2.05) is 6.07 Å². The van der Waals surface area contributed by atoms with E-state index >= 15 is 0 Å². The van der Waals surface area contributed by atoms with Crippen LogP contribution in [0.15, 0.2) is 12.3 Å². The summed E-state index contributed by atoms with van der Waals surface area (Å²) in [6, 6.07) is 1.81. The Kier molecular flexibility index (Phi) is 2.14. The maximum absolute atomic E-state index is 13.1. The largest absolute Gasteiger partial charge is 0.492 e. The molecule has 70 valence electrons. The van der Waals surface area contributed by atoms with Crippen molar-refractivity contribution in [3.63, 3.8) is 0 Å². The molecule has 3 nitrogen and oxygen atoms in total. The number of methoxy groups -OCH3 is 1. The molecule has 1 aromatic heterocycles. The first-order chi connectivity index (χ1) is 6.33. The summed E-state index contributed by atoms with van der Waals surface area (Å²) < 4.78 is 18.1. The monoisotopic (exact) mass is 182 g/mol. The number of nitrogens with one attached hydrogen (secondary N) is 1. The van der Waals surface area contributed by atoms with Crippen LogP contribution in [0, 0.1) is 5.95 Å². The molecule has 0 atom stereocenters. The van der Waals surface area contributed by atoms with Crippen molar-refractivity contribution in [3.8, 4) is 5.75 Å². The number of hydrogen-bond donors (Lipinski definition) is 1. The van der Waals surface area contributed by atoms with E-state index in [1.54, 1.807) is 0 Å². The molecule has 1 fully saturated rings. The second-order valence-electron chi connectivity index (χ2n) is 3.08. The maximum atomic E-state index is 13.1. The van der Waals surface area contributed by atoms with Crippen LogP contribution < -0.4 is 10.1 Å². The maximum Gasteiger partial charge on any atom is 0.255 e. The molecule has 4 heteroatoms. The van der Waals surface area contributed by atoms with E-state index in [1.165, 1.54) is 13.3 Å². The number of pyridine rings is 1. The van der Waals surface area contributed by atoms with Crippen molar-refractivity contribution in [2.24, 2.45) is 0 Å². The molecule has 1 aromatic rings. The summed E-state index contributed by atoms with van der Waals surface area (Å²) in [5.74, 6) is 0.133. The highest BCUT2D eigenvalue weighted by molar-refractivity contribution is 5.36. The average molecular weight is 182 g/mol. The molecular weight excluding hydrogens is 171 g/mol. The number of ether oxygens (including phenoxy) is 1. The highest BCUT2D eigenvalue weighted by Crippen LogP contribution is 2.29. The van der Waals surface area contributed by atoms with Gasteiger partial charge in [-0.1, -0.05) is 0 Å². The van der Waals surface area contributed by atoms with Gasteiger partial charge in [-0.05, 0) is 6.07 Å². The topological polar surface area (TPSA) is 34.1 Å². The zero-order valence-corrected chi connectivity index (χ0v) is 7.38. The van der Waals surface area contributed by atoms with Crippen molar-refractivity contribution in [1.82, 2.24) is 10.3 Å². The molecular formula is C9H11FN2O. The smallest absolute Gasteiger partial charge is 0.255 e. The van der Waals surface area contributed by atoms with Crippen LogP contribution in [0.5, 0.6) is 5.75 Å². The fourth-order valence-electron chi connectivity index (χ4n) is 1.47. The Bertz CT molecular complexity index is 312. The van der Waals surface area contributed by atoms with Gasteiger partial charge in [0.1, 0.15) is 0 Å². The molecule has 0 aliphatic carbocycles. The Labute approximate surface area is 75.9 Å². The summed E-state index contributed by atoms with van der Waals surface area (Å²) in [6.45, 7) is 1.78. The average Bonchev–Trinajstić information content (AvgIpc) is 2.01. The van der Waals surface area contributed by atoms with E-state index in [9.17, 15) is 4.39 Å². The second-order valence-corrected chi connectivity index (χ2v) is 3.08. The van der Waals surface area contributed by atoms with Gasteiger partial charge in [-0.2, -0.15) is 4.39 Å². The molecule has 0 amide bonds. The fourth-order valence-corrected chi connectivity index (χ4v) is 1.47. The van der Waals surface area contributed by atoms with Crippen LogP contribution in [-0.4, -0.2) is 25.2 Å². The fraction of sp³-hybridized carbons (Fsp3) is 0.444. The summed E-state index contributed by atoms with van der Waals surface area (Å²) in [4.78, 5) is 3.54. The zero-order valence-electron chi connectivity index (χ0n) is 7.38. The molecule has 0 saturated carbocycles. The molecule has 0 radical (unpaired) electrons. The zero-order chi connectivity index (χ0) is 9.26. The van der Waals surface area contributed by atoms with E-state index in [4.69, 9.17) is 4.74 Å². The lowest BCUT2D eigenvalue weighted by molar-refractivity contribution is 0.355. The van der Waals surface area contributed by atoms with Gasteiger partial charge >= 0.3 is 0 Å². The van der Waals surface area contributed by atoms with E-state index in [-0.39, 0.29) is 5.75 Å². The van der Waals surface area contributed by atoms with E-state index in [0.717, 1.165) is 18.7 Å². The van der Waals surface area contributed by atoms with Crippen molar-refractivity contribution in [2.75, 3.05) is 20.2 Å². The Morgan fingerprint density at radius 3 is 2.92 bits per heavy atom. The molecule has 0 aromatic carbocycles. The van der Waals surface area contributed by atoms with Crippen LogP contribution in [0.4, 0.5) is 4.39 Å². The van der Waals surface area contributed by atoms with E-state index in [2.05, 4.69) is 10.3 Å². The Morgan fingerprint density at radius 1 is 1.62 bits per heavy atom. The number of aromatic nitrogens is 1. The van der Waals surface area contributed by atoms with E-state index in [0.29, 0.717) is 5.92 Å². The predicted molar refractivity (Wildman–Crippen MR) is 46.4 cm³/mol. The van der Waals surface area contributed by atoms with Gasteiger partial charge in [0.25, 0.3) is 5.95 Å². The molecule has 1 saturated heterocycles. The first kappa shape index (κ1) is 8.44. The van der Waals surface area contributed by atoms with Crippen LogP contribution in [0.25, 0.3) is 0 Å². The van der Waals surface area contributed by atoms with Crippen molar-refractivity contribution >= 4 is 0 Å². The summed E-state index contributed by atoms with van der Waals surface area (Å²) in [6.07, 6.45) is 1.48. The minimum atomic E-state index is -0.521. The number of nitrogens with zero attached hydrogens (tertiary/aromatic N) is 1. The highest BCUT2D eigenvalue weighted by Gasteiger charge is 2.24. The summed E-state index contributed by atoms with van der Waals surface area (Å²) >= 11 is 0. The molecule has 0 bridgehead atoms. The number of hydrogen-bond acceptors (Lipinski definition) is 3. The first-order valence-corrected chi connectivity index (χ1v) is 4.22. The Balaban J connectivity index is 2.37. The number of rotatable bonds is 2. The molecule has 1 aliphatic rings. The van der Waals surface area contributed by atoms with Gasteiger partial charge in [0, 0.05) is 30.8 Å². The second kappa shape index (κ2) is 3.30. The van der Waals surface area contributed by atoms with Crippen LogP contribution >= 0.6 is 0 Å². The lowest BCUT2D eigenvalue weighted by Crippen LogP contribution is -2.40. The Hall–Kier alpha value is -1.16. The van der Waals surface area contributed by atoms with Gasteiger partial charge < -0.3 is 10.1 Å². The lowest BCUT2D eigenvalue weighted by Gasteiger charge is -2.28. The quantitative estimate of drug-likeness (QED) is 0.690. The van der Waals surface area contributed by atoms with Crippen LogP contribution in [-0.2, 0) is 0 Å². The van der Waals surface area contributed by atoms with Crippen LogP contribution in [0.1, 0.15) is 11.5 Å². The van der Waals surface area contributed by atoms with E-state index < -0.39 is 5.95 Å². The predicted octanol–water partition coefficient (Wildman–Crippen LogP) is 0.916. The van der Waals surface area contributed by atoms with Crippen LogP contribution in [0.2, 0.25) is 0 Å². The third kappa shape index (κ3) is 1.37. The molecule has 0 spiro atoms. The molecule has 2 heterocycles. The van der Waals surface area contributed by atoms with Crippen molar-refractivity contribution in [2.45, 2.75) is 5.92 Å². The molecule has 1 aliphatic heterocycles. The third-order valence-corrected chi connectivity index (χ3v) is 2.32. The third-order valence-electron chi connectivity index (χ3n) is 2.32. The highest BCUT2D eigenvalue weighted by atomic mass is 19.1. The molecule has 2 rings (SSSR count). The van der Waals surface area contributed by atoms with Crippen molar-refractivity contribution in [3.05, 3.63) is 23.8 Å². The summed E-state index contributed by atoms with van der Waals surface area (Å²) in [5, 5.41) is 3.13. The lowest BCUT2D eigenvalue weighted by atomic mass is 9.94. The van der Waals surface area contributed by atoms with Crippen molar-refractivity contribution in [1.29, 1.82) is 0 Å². The van der Waals surface area contributed by atoms with Gasteiger partial charge in [0.05, 0.1) is 7.11 Å². The van der Waals surface area contributed by atoms with Gasteiger partial charge in [-0.25, -0.2) is 4.98 Å². The van der Waals surface area contributed by atoms with Crippen molar-refractivity contribution < 1.29 is 9.13 Å². The minimum Gasteiger partial charge on any atom is -0.492 e. The number of halogens is 1. The summed E-state index contributed by atoms with van der Waals surface area (Å²) in [5.41, 5.74) is 0.911. The SMILES string of the molecule is COc1c(C2CNC2)ccnc1F. The molecule has 0 unspecified atom stereocenters. The molecule has 13 heavy (non-hydrogen) atoms. The Morgan fingerprint density at radius 2 is 2.38 bits per heavy atom. The molecule has 1 N–H and O–H groups in total. The minimum absolute atomic E-state index is 0.286. The van der Waals surface area contributed by atoms with Gasteiger partial charge in [-0.15, -0.1) is 0 Å². The first-order valence-electron chi connectivity index (χ1n) is 4.22. The standard InChI is InChI=1S/C9H11FN2O/c1-13-8-7(6-4-11-5-6)2-3-12-9(8)10/h2-3,6,11H,4-5H2,1H3. The van der Waals surface area contributed by atoms with Gasteiger partial charge in [0.15, 0.2) is 5.75 Å². The van der Waals surface area contributed by atoms with Gasteiger partial charge in [-0.3, -0.25) is 0 Å². The summed E-state index contributed by atoms with van der Waals surface area (Å²) in [7, 11) is 1.47. The van der Waals surface area contributed by atoms with Crippen LogP contribution in [0.3, 0.4) is 0 Å².